The first kappa shape index (κ1) is 14.8. The van der Waals surface area contributed by atoms with Gasteiger partial charge < -0.3 is 9.47 Å². The highest BCUT2D eigenvalue weighted by Crippen LogP contribution is 2.33. The summed E-state index contributed by atoms with van der Waals surface area (Å²) in [6, 6.07) is 6.12. The molecule has 112 valence electrons. The summed E-state index contributed by atoms with van der Waals surface area (Å²) >= 11 is 7.93. The Bertz CT molecular complexity index is 771. The van der Waals surface area contributed by atoms with Gasteiger partial charge in [0.1, 0.15) is 10.3 Å². The van der Waals surface area contributed by atoms with Gasteiger partial charge in [-0.3, -0.25) is 0 Å². The van der Waals surface area contributed by atoms with E-state index in [0.29, 0.717) is 0 Å². The third-order valence-electron chi connectivity index (χ3n) is 4.00. The lowest BCUT2D eigenvalue weighted by Gasteiger charge is -2.18. The SMILES string of the molecule is CCN(CC)CCn1c2ccc(Cl)cc2c2nc(C)sc21. The molecule has 0 atom stereocenters. The van der Waals surface area contributed by atoms with E-state index in [-0.39, 0.29) is 0 Å². The van der Waals surface area contributed by atoms with E-state index in [1.807, 2.05) is 12.1 Å². The van der Waals surface area contributed by atoms with Gasteiger partial charge in [-0.05, 0) is 38.2 Å². The molecule has 21 heavy (non-hydrogen) atoms. The molecule has 2 heterocycles. The minimum Gasteiger partial charge on any atom is -0.330 e. The summed E-state index contributed by atoms with van der Waals surface area (Å²) in [5.41, 5.74) is 2.33. The van der Waals surface area contributed by atoms with Crippen molar-refractivity contribution in [1.29, 1.82) is 0 Å². The number of hydrogen-bond donors (Lipinski definition) is 0. The van der Waals surface area contributed by atoms with Crippen molar-refractivity contribution in [2.45, 2.75) is 27.3 Å². The molecule has 1 aromatic carbocycles. The van der Waals surface area contributed by atoms with Crippen LogP contribution >= 0.6 is 22.9 Å². The maximum absolute atomic E-state index is 6.17. The molecule has 3 aromatic rings. The molecule has 0 N–H and O–H groups in total. The summed E-state index contributed by atoms with van der Waals surface area (Å²) in [6.45, 7) is 10.7. The van der Waals surface area contributed by atoms with Gasteiger partial charge in [-0.15, -0.1) is 11.3 Å². The van der Waals surface area contributed by atoms with Crippen molar-refractivity contribution < 1.29 is 0 Å². The average molecular weight is 322 g/mol. The average Bonchev–Trinajstić information content (AvgIpc) is 2.97. The van der Waals surface area contributed by atoms with Crippen LogP contribution in [0.25, 0.3) is 21.3 Å². The van der Waals surface area contributed by atoms with E-state index in [1.165, 1.54) is 15.7 Å². The molecule has 0 spiro atoms. The van der Waals surface area contributed by atoms with Gasteiger partial charge in [0.2, 0.25) is 0 Å². The number of hydrogen-bond acceptors (Lipinski definition) is 3. The van der Waals surface area contributed by atoms with Gasteiger partial charge in [-0.1, -0.05) is 25.4 Å². The van der Waals surface area contributed by atoms with Crippen LogP contribution in [0, 0.1) is 6.92 Å². The lowest BCUT2D eigenvalue weighted by atomic mass is 10.2. The fourth-order valence-electron chi connectivity index (χ4n) is 2.82. The molecule has 0 saturated carbocycles. The molecule has 0 aliphatic heterocycles. The molecule has 2 aromatic heterocycles. The zero-order valence-electron chi connectivity index (χ0n) is 12.7. The third-order valence-corrected chi connectivity index (χ3v) is 5.23. The van der Waals surface area contributed by atoms with E-state index < -0.39 is 0 Å². The Morgan fingerprint density at radius 1 is 1.29 bits per heavy atom. The molecule has 0 amide bonds. The van der Waals surface area contributed by atoms with Crippen LogP contribution in [-0.2, 0) is 6.54 Å². The number of rotatable bonds is 5. The molecule has 0 saturated heterocycles. The number of thiazole rings is 1. The van der Waals surface area contributed by atoms with Crippen LogP contribution in [0.2, 0.25) is 5.02 Å². The highest BCUT2D eigenvalue weighted by molar-refractivity contribution is 7.18. The number of halogens is 1. The minimum atomic E-state index is 0.774. The molecule has 0 aliphatic carbocycles. The second-order valence-corrected chi connectivity index (χ2v) is 6.84. The molecular weight excluding hydrogens is 302 g/mol. The number of nitrogens with zero attached hydrogens (tertiary/aromatic N) is 3. The van der Waals surface area contributed by atoms with E-state index in [1.54, 1.807) is 11.3 Å². The van der Waals surface area contributed by atoms with Gasteiger partial charge in [0, 0.05) is 23.5 Å². The lowest BCUT2D eigenvalue weighted by molar-refractivity contribution is 0.293. The summed E-state index contributed by atoms with van der Waals surface area (Å²) in [4.78, 5) is 8.40. The topological polar surface area (TPSA) is 21.1 Å². The second kappa shape index (κ2) is 5.95. The molecule has 3 rings (SSSR count). The Hall–Kier alpha value is -1.10. The molecule has 0 bridgehead atoms. The molecule has 0 unspecified atom stereocenters. The van der Waals surface area contributed by atoms with Gasteiger partial charge in [0.05, 0.1) is 10.5 Å². The maximum atomic E-state index is 6.17. The summed E-state index contributed by atoms with van der Waals surface area (Å²) in [6.07, 6.45) is 0. The molecule has 0 fully saturated rings. The van der Waals surface area contributed by atoms with Crippen LogP contribution in [0.1, 0.15) is 18.9 Å². The van der Waals surface area contributed by atoms with Crippen molar-refractivity contribution in [1.82, 2.24) is 14.5 Å². The van der Waals surface area contributed by atoms with Gasteiger partial charge in [-0.2, -0.15) is 0 Å². The smallest absolute Gasteiger partial charge is 0.124 e. The monoisotopic (exact) mass is 321 g/mol. The Morgan fingerprint density at radius 2 is 2.05 bits per heavy atom. The summed E-state index contributed by atoms with van der Waals surface area (Å²) in [5.74, 6) is 0. The van der Waals surface area contributed by atoms with E-state index in [0.717, 1.165) is 41.7 Å². The van der Waals surface area contributed by atoms with Crippen LogP contribution in [-0.4, -0.2) is 34.1 Å². The Labute approximate surface area is 134 Å². The highest BCUT2D eigenvalue weighted by atomic mass is 35.5. The van der Waals surface area contributed by atoms with E-state index in [2.05, 4.69) is 36.3 Å². The van der Waals surface area contributed by atoms with Gasteiger partial charge in [0.25, 0.3) is 0 Å². The van der Waals surface area contributed by atoms with Crippen LogP contribution in [0.4, 0.5) is 0 Å². The molecule has 0 aliphatic rings. The quantitative estimate of drug-likeness (QED) is 0.687. The van der Waals surface area contributed by atoms with Crippen LogP contribution < -0.4 is 0 Å². The number of benzene rings is 1. The minimum absolute atomic E-state index is 0.774. The first-order valence-corrected chi connectivity index (χ1v) is 8.60. The van der Waals surface area contributed by atoms with E-state index in [4.69, 9.17) is 16.6 Å². The number of aryl methyl sites for hydroxylation is 1. The fourth-order valence-corrected chi connectivity index (χ4v) is 3.96. The predicted molar refractivity (Wildman–Crippen MR) is 92.7 cm³/mol. The van der Waals surface area contributed by atoms with Crippen molar-refractivity contribution in [2.75, 3.05) is 19.6 Å². The van der Waals surface area contributed by atoms with Crippen molar-refractivity contribution >= 4 is 44.2 Å². The summed E-state index contributed by atoms with van der Waals surface area (Å²) < 4.78 is 2.39. The normalized spacial score (nSPS) is 12.0. The number of likely N-dealkylation sites (N-methyl/N-ethyl adjacent to an activating group) is 1. The number of aromatic nitrogens is 2. The van der Waals surface area contributed by atoms with E-state index >= 15 is 0 Å². The molecule has 0 radical (unpaired) electrons. The van der Waals surface area contributed by atoms with Gasteiger partial charge in [0.15, 0.2) is 0 Å². The van der Waals surface area contributed by atoms with Crippen LogP contribution in [0.5, 0.6) is 0 Å². The van der Waals surface area contributed by atoms with Gasteiger partial charge >= 0.3 is 0 Å². The summed E-state index contributed by atoms with van der Waals surface area (Å²) in [7, 11) is 0. The second-order valence-electron chi connectivity index (χ2n) is 5.23. The molecule has 3 nitrogen and oxygen atoms in total. The molecule has 5 heteroatoms. The fraction of sp³-hybridized carbons (Fsp3) is 0.438. The Morgan fingerprint density at radius 3 is 2.76 bits per heavy atom. The largest absolute Gasteiger partial charge is 0.330 e. The zero-order chi connectivity index (χ0) is 15.0. The Balaban J connectivity index is 2.09. The van der Waals surface area contributed by atoms with Crippen LogP contribution in [0.15, 0.2) is 18.2 Å². The standard InChI is InChI=1S/C16H20ClN3S/c1-4-19(5-2)8-9-20-14-7-6-12(17)10-13(14)15-16(20)21-11(3)18-15/h6-7,10H,4-5,8-9H2,1-3H3. The maximum Gasteiger partial charge on any atom is 0.124 e. The molecular formula is C16H20ClN3S. The Kier molecular flexibility index (Phi) is 4.20. The van der Waals surface area contributed by atoms with Crippen LogP contribution in [0.3, 0.4) is 0 Å². The van der Waals surface area contributed by atoms with Crippen molar-refractivity contribution in [3.63, 3.8) is 0 Å². The van der Waals surface area contributed by atoms with Crippen molar-refractivity contribution in [3.8, 4) is 0 Å². The predicted octanol–water partition coefficient (Wildman–Crippen LogP) is 4.55. The van der Waals surface area contributed by atoms with E-state index in [9.17, 15) is 0 Å². The third kappa shape index (κ3) is 2.68. The number of fused-ring (bicyclic) bond motifs is 3. The highest BCUT2D eigenvalue weighted by Gasteiger charge is 2.15. The summed E-state index contributed by atoms with van der Waals surface area (Å²) in [5, 5.41) is 3.05. The zero-order valence-corrected chi connectivity index (χ0v) is 14.3. The van der Waals surface area contributed by atoms with Gasteiger partial charge in [-0.25, -0.2) is 4.98 Å². The first-order chi connectivity index (χ1) is 10.1. The lowest BCUT2D eigenvalue weighted by Crippen LogP contribution is -2.26. The van der Waals surface area contributed by atoms with Crippen molar-refractivity contribution in [3.05, 3.63) is 28.2 Å². The van der Waals surface area contributed by atoms with Crippen molar-refractivity contribution in [2.24, 2.45) is 0 Å². The first-order valence-electron chi connectivity index (χ1n) is 7.41.